The lowest BCUT2D eigenvalue weighted by Crippen LogP contribution is -2.20. The van der Waals surface area contributed by atoms with Crippen molar-refractivity contribution in [1.82, 2.24) is 44.6 Å². The fourth-order valence-corrected chi connectivity index (χ4v) is 13.4. The van der Waals surface area contributed by atoms with E-state index in [1.54, 1.807) is 25.3 Å². The highest BCUT2D eigenvalue weighted by atomic mass is 32.2. The summed E-state index contributed by atoms with van der Waals surface area (Å²) in [5.41, 5.74) is 14.5. The van der Waals surface area contributed by atoms with Gasteiger partial charge in [-0.25, -0.2) is 4.79 Å². The first kappa shape index (κ1) is 106. The molecule has 2 aromatic heterocycles. The van der Waals surface area contributed by atoms with E-state index in [0.29, 0.717) is 42.3 Å². The number of rotatable bonds is 47. The van der Waals surface area contributed by atoms with E-state index in [9.17, 15) is 4.79 Å². The van der Waals surface area contributed by atoms with E-state index in [0.717, 1.165) is 142 Å². The molecule has 9 aromatic carbocycles. The maximum Gasteiger partial charge on any atom is 0.377 e. The van der Waals surface area contributed by atoms with Gasteiger partial charge in [0.05, 0.1) is 31.8 Å². The zero-order chi connectivity index (χ0) is 95.1. The molecule has 0 aliphatic carbocycles. The third-order valence-electron chi connectivity index (χ3n) is 19.9. The van der Waals surface area contributed by atoms with E-state index in [4.69, 9.17) is 34.5 Å². The van der Waals surface area contributed by atoms with Crippen LogP contribution in [0.4, 0.5) is 69.8 Å². The van der Waals surface area contributed by atoms with Crippen molar-refractivity contribution in [2.24, 2.45) is 0 Å². The van der Waals surface area contributed by atoms with E-state index in [2.05, 4.69) is 148 Å². The quantitative estimate of drug-likeness (QED) is 0.00238. The Kier molecular flexibility index (Phi) is 50.4. The van der Waals surface area contributed by atoms with Crippen molar-refractivity contribution in [3.8, 4) is 24.0 Å². The van der Waals surface area contributed by atoms with Gasteiger partial charge in [-0.2, -0.15) is 45.7 Å². The van der Waals surface area contributed by atoms with Gasteiger partial charge in [0.1, 0.15) is 23.5 Å². The minimum Gasteiger partial charge on any atom is -0.497 e. The first-order chi connectivity index (χ1) is 64.9. The van der Waals surface area contributed by atoms with Crippen molar-refractivity contribution in [3.05, 3.63) is 347 Å². The summed E-state index contributed by atoms with van der Waals surface area (Å²) in [6, 6.07) is 83.7. The second-order valence-corrected chi connectivity index (χ2v) is 32.2. The fraction of sp³-hybridized carbons (Fsp3) is 0.303. The molecule has 0 aliphatic rings. The molecule has 694 valence electrons. The van der Waals surface area contributed by atoms with Crippen LogP contribution in [0.3, 0.4) is 0 Å². The third-order valence-corrected chi connectivity index (χ3v) is 20.5. The standard InChI is InChI=1S/C24H24N6O.C24H24N6.C23H35NO4S.C20H17N3.C18H32N2/c1-16-6-4-8-19(14-16)26-23-28-22(25-18-10-12-21(31-3)13-11-18)29-24(30-23)27-20-9-5-7-17(2)15-20;1-16-7-4-10-19(13-16)25-22-28-23(26-20-11-5-8-17(2)14-20)30-24(29-22)27-21-12-6-9-18(3)15-21;1-4-7-8-9-10-14-20-26-23(25)22(18-15-19-24(5-2)6-3)27-28-29-21-16-12-11-13-17-21;21-14-20(15-22)12-7-13-23(16-18-8-3-1-4-9-18)17-19-10-5-2-6-11-19;1-4-6-8-10-14-20(15-11-9-7-5-2)16-12-13-18(3)17-19/h4-15H,1-3H3,(H3,25,26,27,28,29,30);4-15H,1-3H3,(H3,25,26,27,28,29,30);11-13,15-19H,4-10,14,20H2,1-3H3;1-13H,16-17H2;12-13,16H,4-11,14-15H2,1-3H3/b;;19-15+,22-18+;13-7+;16-12+,18-13-. The highest BCUT2D eigenvalue weighted by Gasteiger charge is 2.17. The first-order valence-corrected chi connectivity index (χ1v) is 46.6. The van der Waals surface area contributed by atoms with E-state index in [-0.39, 0.29) is 11.3 Å². The zero-order valence-electron chi connectivity index (χ0n) is 79.4. The second kappa shape index (κ2) is 63.5. The van der Waals surface area contributed by atoms with Gasteiger partial charge in [-0.3, -0.25) is 0 Å². The zero-order valence-corrected chi connectivity index (χ0v) is 80.2. The van der Waals surface area contributed by atoms with Crippen molar-refractivity contribution >= 4 is 87.8 Å². The number of carbonyl (C=O) groups excluding carboxylic acids is 1. The highest BCUT2D eigenvalue weighted by Crippen LogP contribution is 2.28. The van der Waals surface area contributed by atoms with Gasteiger partial charge in [-0.15, -0.1) is 4.33 Å². The molecule has 23 nitrogen and oxygen atoms in total. The number of aryl methyl sites for hydroxylation is 5. The first-order valence-electron chi connectivity index (χ1n) is 45.8. The Hall–Kier alpha value is -14.5. The minimum atomic E-state index is -0.517. The van der Waals surface area contributed by atoms with Gasteiger partial charge in [0.2, 0.25) is 35.7 Å². The molecule has 0 spiro atoms. The summed E-state index contributed by atoms with van der Waals surface area (Å²) in [7, 11) is 1.64. The van der Waals surface area contributed by atoms with Crippen molar-refractivity contribution in [1.29, 1.82) is 15.8 Å². The molecule has 133 heavy (non-hydrogen) atoms. The Bertz CT molecular complexity index is 5240. The number of nitriles is 3. The van der Waals surface area contributed by atoms with Gasteiger partial charge in [0.15, 0.2) is 0 Å². The largest absolute Gasteiger partial charge is 0.497 e. The van der Waals surface area contributed by atoms with Crippen LogP contribution in [0.1, 0.15) is 170 Å². The number of methoxy groups -OCH3 is 1. The van der Waals surface area contributed by atoms with Crippen molar-refractivity contribution in [2.45, 2.75) is 184 Å². The van der Waals surface area contributed by atoms with Crippen molar-refractivity contribution < 1.29 is 23.5 Å². The molecule has 0 aliphatic heterocycles. The van der Waals surface area contributed by atoms with Crippen LogP contribution in [0, 0.1) is 68.6 Å². The Labute approximate surface area is 794 Å². The molecular formula is C109H132N18O5S. The Balaban J connectivity index is 0.000000229. The maximum atomic E-state index is 12.4. The molecule has 24 heteroatoms. The van der Waals surface area contributed by atoms with Crippen LogP contribution in [0.15, 0.2) is 313 Å². The number of nitrogens with zero attached hydrogens (tertiary/aromatic N) is 12. The van der Waals surface area contributed by atoms with Crippen LogP contribution < -0.4 is 36.6 Å². The molecule has 0 bridgehead atoms. The minimum absolute atomic E-state index is 0.0304. The summed E-state index contributed by atoms with van der Waals surface area (Å²) in [6.45, 7) is 28.9. The van der Waals surface area contributed by atoms with Gasteiger partial charge in [0, 0.05) is 83.9 Å². The number of allylic oxidation sites excluding steroid dienone is 8. The molecule has 0 saturated carbocycles. The molecule has 6 N–H and O–H groups in total. The highest BCUT2D eigenvalue weighted by molar-refractivity contribution is 7.94. The summed E-state index contributed by atoms with van der Waals surface area (Å²) in [4.78, 5) is 52.5. The van der Waals surface area contributed by atoms with Crippen LogP contribution in [0.2, 0.25) is 0 Å². The average molecular weight is 1810 g/mol. The van der Waals surface area contributed by atoms with Crippen molar-refractivity contribution in [2.75, 3.05) is 71.8 Å². The van der Waals surface area contributed by atoms with E-state index >= 15 is 0 Å². The Morgan fingerprint density at radius 2 is 0.737 bits per heavy atom. The topological polar surface area (TPSA) is 285 Å². The van der Waals surface area contributed by atoms with Crippen molar-refractivity contribution in [3.63, 3.8) is 0 Å². The molecule has 0 unspecified atom stereocenters. The number of esters is 1. The number of nitrogens with one attached hydrogen (secondary N) is 6. The van der Waals surface area contributed by atoms with Crippen LogP contribution >= 0.6 is 12.0 Å². The number of aromatic nitrogens is 6. The number of carbonyl (C=O) groups is 1. The molecule has 0 saturated heterocycles. The summed E-state index contributed by atoms with van der Waals surface area (Å²) in [5, 5.41) is 45.9. The number of ether oxygens (including phenoxy) is 2. The van der Waals surface area contributed by atoms with E-state index in [1.165, 1.54) is 94.3 Å². The molecule has 11 aromatic rings. The third kappa shape index (κ3) is 45.1. The lowest BCUT2D eigenvalue weighted by molar-refractivity contribution is -0.175. The number of hydrogen-bond acceptors (Lipinski definition) is 24. The maximum absolute atomic E-state index is 12.4. The smallest absolute Gasteiger partial charge is 0.377 e. The van der Waals surface area contributed by atoms with E-state index in [1.807, 2.05) is 291 Å². The fourth-order valence-electron chi connectivity index (χ4n) is 12.9. The van der Waals surface area contributed by atoms with Crippen LogP contribution in [-0.4, -0.2) is 90.5 Å². The van der Waals surface area contributed by atoms with Gasteiger partial charge >= 0.3 is 5.97 Å². The molecule has 0 atom stereocenters. The summed E-state index contributed by atoms with van der Waals surface area (Å²) in [6.07, 6.45) is 33.7. The monoisotopic (exact) mass is 1810 g/mol. The Morgan fingerprint density at radius 1 is 0.383 bits per heavy atom. The van der Waals surface area contributed by atoms with Crippen LogP contribution in [-0.2, 0) is 31.8 Å². The SMILES string of the molecule is CCCCCCCCOC(=O)/C(=C\C=C\N(CC)CC)OOSc1ccccc1.CCCCCCN(/C=C/C=C(/C)C#N)CCCCCC.COc1ccc(Nc2nc(Nc3cccc(C)c3)nc(Nc3cccc(C)c3)n2)cc1.Cc1cccc(Nc2nc(Nc3cccc(C)c3)nc(Nc3cccc(C)c3)n2)c1.N#CC(C#N)=C/C=C/N(Cc1ccccc1)Cc1ccccc1. The number of unbranched alkanes of at least 4 members (excludes halogenated alkanes) is 11. The number of benzene rings is 9. The molecule has 0 amide bonds. The summed E-state index contributed by atoms with van der Waals surface area (Å²) in [5.74, 6) is 2.97. The average Bonchev–Trinajstić information content (AvgIpc) is 0.835. The molecule has 0 fully saturated rings. The van der Waals surface area contributed by atoms with E-state index < -0.39 is 5.97 Å². The lowest BCUT2D eigenvalue weighted by atomic mass is 10.1. The molecular weight excluding hydrogens is 1670 g/mol. The second-order valence-electron chi connectivity index (χ2n) is 31.5. The number of anilines is 12. The summed E-state index contributed by atoms with van der Waals surface area (Å²) < 4.78 is 15.8. The van der Waals surface area contributed by atoms with Gasteiger partial charge in [0.25, 0.3) is 5.76 Å². The normalized spacial score (nSPS) is 10.8. The predicted molar refractivity (Wildman–Crippen MR) is 546 cm³/mol. The molecule has 11 rings (SSSR count). The van der Waals surface area contributed by atoms with Crippen LogP contribution in [0.25, 0.3) is 0 Å². The van der Waals surface area contributed by atoms with Gasteiger partial charge < -0.3 is 61.0 Å². The lowest BCUT2D eigenvalue weighted by Gasteiger charge is -2.20. The van der Waals surface area contributed by atoms with Gasteiger partial charge in [-0.05, 0) is 266 Å². The summed E-state index contributed by atoms with van der Waals surface area (Å²) >= 11 is 1.05. The molecule has 2 heterocycles. The Morgan fingerprint density at radius 3 is 1.11 bits per heavy atom. The predicted octanol–water partition coefficient (Wildman–Crippen LogP) is 27.6. The van der Waals surface area contributed by atoms with Crippen LogP contribution in [0.5, 0.6) is 5.75 Å². The van der Waals surface area contributed by atoms with Gasteiger partial charge in [-0.1, -0.05) is 231 Å². The number of hydrogen-bond donors (Lipinski definition) is 6. The molecule has 0 radical (unpaired) electrons.